The Kier molecular flexibility index (Phi) is 17.8. The maximum Gasteiger partial charge on any atom is 2.00 e. The first-order chi connectivity index (χ1) is 30.6. The van der Waals surface area contributed by atoms with Gasteiger partial charge in [0.05, 0.1) is 47.3 Å². The van der Waals surface area contributed by atoms with Gasteiger partial charge in [-0.05, 0) is 118 Å². The van der Waals surface area contributed by atoms with E-state index in [1.807, 2.05) is 52.0 Å². The fraction of sp³-hybridized carbons (Fsp3) is 0.473. The number of rotatable bonds is 20. The fourth-order valence-corrected chi connectivity index (χ4v) is 9.48. The smallest absolute Gasteiger partial charge is 0.874 e. The second kappa shape index (κ2) is 22.6. The maximum atomic E-state index is 14.3. The van der Waals surface area contributed by atoms with Crippen molar-refractivity contribution in [2.75, 3.05) is 13.7 Å². The third-order valence-electron chi connectivity index (χ3n) is 13.6. The van der Waals surface area contributed by atoms with Crippen LogP contribution < -0.4 is 20.8 Å². The third-order valence-corrected chi connectivity index (χ3v) is 13.6. The first kappa shape index (κ1) is 51.2. The molecule has 0 saturated heterocycles. The number of nitrogens with zero attached hydrogens (tertiary/aromatic N) is 4. The van der Waals surface area contributed by atoms with Crippen molar-refractivity contribution in [2.24, 2.45) is 38.6 Å². The number of aliphatic imine (C=N–C) groups is 3. The minimum atomic E-state index is -1.27. The van der Waals surface area contributed by atoms with Gasteiger partial charge in [-0.2, -0.15) is 0 Å². The van der Waals surface area contributed by atoms with Gasteiger partial charge in [-0.1, -0.05) is 121 Å². The summed E-state index contributed by atoms with van der Waals surface area (Å²) in [6.45, 7) is 27.6. The standard InChI is InChI=1S/C55H69N4O5.Mg/c1-13-39-35(8)42-28-44-37(10)41(24-25-48(60)64-27-26-34(7)23-17-22-33(6)21-16-20-32(5)19-15-18-31(3)4)52(58-44)50-51(55(62)63-12)54(61)49-38(11)45(59-53(49)50)30-47-40(14-2)36(9)43(57-47)29-46(39)56-42;/h13-14,26,28-33,51H,1-2,15-25,27H2,3-12H3,(H-,56,57,58,59,61);/q-1;+2/p-1/b34-26+,42-28?,43-29?,44-28?,45-30?,46-29?,47-30?,52-50?;/t32?,33?,51-;/m1./s1. The van der Waals surface area contributed by atoms with Gasteiger partial charge in [-0.15, -0.1) is 16.5 Å². The Labute approximate surface area is 403 Å². The van der Waals surface area contributed by atoms with Crippen molar-refractivity contribution in [1.29, 1.82) is 0 Å². The van der Waals surface area contributed by atoms with Crippen molar-refractivity contribution < 1.29 is 24.2 Å². The van der Waals surface area contributed by atoms with Crippen LogP contribution in [0.15, 0.2) is 120 Å². The summed E-state index contributed by atoms with van der Waals surface area (Å²) >= 11 is 0. The summed E-state index contributed by atoms with van der Waals surface area (Å²) < 4.78 is 11.0. The van der Waals surface area contributed by atoms with Crippen LogP contribution in [-0.2, 0) is 25.5 Å². The molecule has 5 heterocycles. The Morgan fingerprint density at radius 3 is 2.00 bits per heavy atom. The Balaban J connectivity index is 0.00000793. The molecule has 2 unspecified atom stereocenters. The number of allylic oxidation sites excluding steroid dienone is 9. The second-order valence-corrected chi connectivity index (χ2v) is 18.8. The van der Waals surface area contributed by atoms with Crippen LogP contribution >= 0.6 is 0 Å². The Morgan fingerprint density at radius 2 is 1.40 bits per heavy atom. The zero-order valence-electron chi connectivity index (χ0n) is 40.7. The van der Waals surface area contributed by atoms with Gasteiger partial charge in [0.2, 0.25) is 0 Å². The molecule has 1 aromatic rings. The van der Waals surface area contributed by atoms with Crippen molar-refractivity contribution in [3.05, 3.63) is 127 Å². The summed E-state index contributed by atoms with van der Waals surface area (Å²) in [6, 6.07) is 0. The van der Waals surface area contributed by atoms with Crippen molar-refractivity contribution in [2.45, 2.75) is 133 Å². The maximum absolute atomic E-state index is 14.3. The van der Waals surface area contributed by atoms with Crippen molar-refractivity contribution in [3.8, 4) is 0 Å². The van der Waals surface area contributed by atoms with E-state index in [1.165, 1.54) is 57.6 Å². The van der Waals surface area contributed by atoms with Crippen molar-refractivity contribution in [1.82, 2.24) is 4.98 Å². The Morgan fingerprint density at radius 1 is 0.815 bits per heavy atom. The van der Waals surface area contributed by atoms with E-state index in [4.69, 9.17) is 29.4 Å². The zero-order chi connectivity index (χ0) is 46.4. The number of fused-ring (bicyclic) bond motifs is 5. The van der Waals surface area contributed by atoms with Crippen molar-refractivity contribution >= 4 is 63.8 Å². The first-order valence-corrected chi connectivity index (χ1v) is 23.4. The average Bonchev–Trinajstić information content (AvgIpc) is 3.99. The summed E-state index contributed by atoms with van der Waals surface area (Å²) in [4.78, 5) is 47.1. The molecule has 0 fully saturated rings. The third kappa shape index (κ3) is 11.4. The molecule has 5 aliphatic rings. The molecule has 0 radical (unpaired) electrons. The van der Waals surface area contributed by atoms with Crippen LogP contribution in [0.5, 0.6) is 0 Å². The first-order valence-electron chi connectivity index (χ1n) is 23.4. The summed E-state index contributed by atoms with van der Waals surface area (Å²) in [6.07, 6.45) is 22.9. The number of carbonyl (C=O) groups is 2. The molecule has 6 rings (SSSR count). The largest absolute Gasteiger partial charge is 2.00 e. The molecule has 1 aromatic heterocycles. The number of carbonyl (C=O) groups excluding carboxylic acids is 2. The van der Waals surface area contributed by atoms with Gasteiger partial charge in [0.1, 0.15) is 6.61 Å². The van der Waals surface area contributed by atoms with E-state index in [9.17, 15) is 14.7 Å². The predicted molar refractivity (Wildman–Crippen MR) is 265 cm³/mol. The summed E-state index contributed by atoms with van der Waals surface area (Å²) in [7, 11) is 1.27. The summed E-state index contributed by atoms with van der Waals surface area (Å²) in [5.41, 5.74) is 11.4. The minimum absolute atomic E-state index is 0. The van der Waals surface area contributed by atoms with Crippen molar-refractivity contribution in [3.63, 3.8) is 0 Å². The summed E-state index contributed by atoms with van der Waals surface area (Å²) in [5, 5.41) is 15.4. The Bertz CT molecular complexity index is 2560. The summed E-state index contributed by atoms with van der Waals surface area (Å²) in [5.74, 6) is -0.396. The van der Waals surface area contributed by atoms with E-state index in [1.54, 1.807) is 12.2 Å². The van der Waals surface area contributed by atoms with Crippen LogP contribution in [0.2, 0.25) is 0 Å². The monoisotopic (exact) mass is 889 g/mol. The number of esters is 2. The minimum Gasteiger partial charge on any atom is -0.874 e. The van der Waals surface area contributed by atoms with Gasteiger partial charge in [0.15, 0.2) is 0 Å². The van der Waals surface area contributed by atoms with E-state index in [2.05, 4.69) is 47.8 Å². The topological polar surface area (TPSA) is 127 Å². The van der Waals surface area contributed by atoms with Crippen LogP contribution in [0.25, 0.3) is 11.6 Å². The molecule has 0 saturated carbocycles. The quantitative estimate of drug-likeness (QED) is 0.0731. The molecule has 0 amide bonds. The second-order valence-electron chi connectivity index (χ2n) is 18.8. The molecule has 0 spiro atoms. The Hall–Kier alpha value is -4.80. The van der Waals surface area contributed by atoms with E-state index in [-0.39, 0.29) is 48.5 Å². The number of aromatic nitrogens is 1. The number of hydrogen-bond acceptors (Lipinski definition) is 8. The fourth-order valence-electron chi connectivity index (χ4n) is 9.48. The van der Waals surface area contributed by atoms with Gasteiger partial charge in [-0.25, -0.2) is 15.0 Å². The normalized spacial score (nSPS) is 18.9. The molecule has 0 N–H and O–H groups in total. The molecule has 9 nitrogen and oxygen atoms in total. The van der Waals surface area contributed by atoms with E-state index in [0.717, 1.165) is 69.5 Å². The molecule has 4 aliphatic heterocycles. The van der Waals surface area contributed by atoms with E-state index >= 15 is 0 Å². The number of methoxy groups -OCH3 is 1. The molecule has 1 aliphatic carbocycles. The zero-order valence-corrected chi connectivity index (χ0v) is 42.1. The van der Waals surface area contributed by atoms with Gasteiger partial charge in [-0.3, -0.25) is 9.59 Å². The number of hydrogen-bond donors (Lipinski definition) is 0. The van der Waals surface area contributed by atoms with Gasteiger partial charge in [0.25, 0.3) is 0 Å². The molecule has 340 valence electrons. The van der Waals surface area contributed by atoms with Crippen LogP contribution in [0.4, 0.5) is 0 Å². The molecular weight excluding hydrogens is 821 g/mol. The molecule has 3 atom stereocenters. The molecule has 65 heavy (non-hydrogen) atoms. The molecule has 10 heteroatoms. The van der Waals surface area contributed by atoms with Crippen LogP contribution in [0, 0.1) is 30.6 Å². The van der Waals surface area contributed by atoms with E-state index < -0.39 is 17.6 Å². The molecule has 8 bridgehead atoms. The van der Waals surface area contributed by atoms with Crippen LogP contribution in [0.3, 0.4) is 0 Å². The number of ether oxygens (including phenoxy) is 2. The van der Waals surface area contributed by atoms with E-state index in [0.29, 0.717) is 56.2 Å². The van der Waals surface area contributed by atoms with Crippen LogP contribution in [-0.4, -0.2) is 65.8 Å². The molecule has 0 aromatic carbocycles. The average molecular weight is 889 g/mol. The van der Waals surface area contributed by atoms with Gasteiger partial charge in [0, 0.05) is 17.6 Å². The van der Waals surface area contributed by atoms with Gasteiger partial charge >= 0.3 is 35.0 Å². The molecular formula is C55H68MgN4O5. The SMILES string of the molecule is C=CC1=C(C)C2=NC1=CC1=C(C)C3=C([O-])[C@H](C(=O)OC)C(=c4[n-]c(c(C)c4CCC(=O)OC/C=C(\C)CCCC(C)CCCC(C)CCCC(C)C)=CC4=NC(=C2)C(C=C)=C4C)C3=N1.[Mg+2]. The van der Waals surface area contributed by atoms with Gasteiger partial charge < -0.3 is 19.6 Å². The van der Waals surface area contributed by atoms with Crippen LogP contribution in [0.1, 0.15) is 131 Å². The predicted octanol–water partition coefficient (Wildman–Crippen LogP) is 9.21.